The quantitative estimate of drug-likeness (QED) is 0.505. The van der Waals surface area contributed by atoms with Crippen molar-refractivity contribution in [2.24, 2.45) is 0 Å². The van der Waals surface area contributed by atoms with E-state index in [2.05, 4.69) is 5.32 Å². The summed E-state index contributed by atoms with van der Waals surface area (Å²) in [5.41, 5.74) is 0. The van der Waals surface area contributed by atoms with Crippen LogP contribution in [0, 0.1) is 0 Å². The van der Waals surface area contributed by atoms with Crippen molar-refractivity contribution < 1.29 is 4.74 Å². The fraction of sp³-hybridized carbons (Fsp3) is 1.00. The first-order chi connectivity index (χ1) is 2.50. The second kappa shape index (κ2) is 6.78. The summed E-state index contributed by atoms with van der Waals surface area (Å²) in [6, 6.07) is 0. The molecule has 0 aromatic rings. The highest BCUT2D eigenvalue weighted by atomic mass is 31.0. The lowest BCUT2D eigenvalue weighted by atomic mass is 10.7. The molecular weight excluding hydrogens is 128 g/mol. The third kappa shape index (κ3) is 4.64. The lowest BCUT2D eigenvalue weighted by Crippen LogP contribution is -2.05. The molecule has 1 aliphatic heterocycles. The van der Waals surface area contributed by atoms with Gasteiger partial charge in [-0.15, -0.1) is 0 Å². The molecule has 2 nitrogen and oxygen atoms in total. The average molecular weight is 135 g/mol. The maximum atomic E-state index is 4.83. The van der Waals surface area contributed by atoms with Crippen LogP contribution in [0.4, 0.5) is 0 Å². The molecule has 1 N–H and O–H groups in total. The van der Waals surface area contributed by atoms with Crippen molar-refractivity contribution in [2.45, 2.75) is 0 Å². The number of hydrogen-bond acceptors (Lipinski definition) is 2. The Morgan fingerprint density at radius 2 is 2.00 bits per heavy atom. The van der Waals surface area contributed by atoms with Crippen LogP contribution in [-0.4, -0.2) is 19.9 Å². The zero-order valence-electron chi connectivity index (χ0n) is 3.92. The van der Waals surface area contributed by atoms with Gasteiger partial charge in [0, 0.05) is 26.3 Å². The summed E-state index contributed by atoms with van der Waals surface area (Å²) >= 11 is 0. The molecular formula is C3H7NOP2. The number of ether oxygens (including phenoxy) is 1. The van der Waals surface area contributed by atoms with Crippen LogP contribution in [-0.2, 0) is 4.74 Å². The molecule has 7 heavy (non-hydrogen) atoms. The fourth-order valence-electron chi connectivity index (χ4n) is 0.361. The molecule has 6 radical (unpaired) electrons. The van der Waals surface area contributed by atoms with Crippen LogP contribution < -0.4 is 5.32 Å². The number of rotatable bonds is 0. The van der Waals surface area contributed by atoms with Crippen molar-refractivity contribution in [3.63, 3.8) is 0 Å². The molecule has 1 aliphatic rings. The van der Waals surface area contributed by atoms with Gasteiger partial charge in [0.1, 0.15) is 0 Å². The third-order valence-electron chi connectivity index (χ3n) is 0.627. The molecule has 0 aromatic heterocycles. The van der Waals surface area contributed by atoms with Crippen LogP contribution in [0.3, 0.4) is 0 Å². The maximum absolute atomic E-state index is 4.83. The minimum absolute atomic E-state index is 0. The zero-order chi connectivity index (χ0) is 3.54. The standard InChI is InChI=1S/C3H7NO.2P/c1-2-5-3-4-1;;/h4H,1-3H2;;. The Balaban J connectivity index is 0. The maximum Gasteiger partial charge on any atom is 0.0966 e. The van der Waals surface area contributed by atoms with Gasteiger partial charge in [-0.25, -0.2) is 0 Å². The Morgan fingerprint density at radius 3 is 2.14 bits per heavy atom. The first-order valence-corrected chi connectivity index (χ1v) is 1.78. The highest BCUT2D eigenvalue weighted by Gasteiger charge is 1.92. The van der Waals surface area contributed by atoms with Crippen molar-refractivity contribution in [3.05, 3.63) is 0 Å². The van der Waals surface area contributed by atoms with Gasteiger partial charge < -0.3 is 4.74 Å². The lowest BCUT2D eigenvalue weighted by molar-refractivity contribution is 0.194. The van der Waals surface area contributed by atoms with Gasteiger partial charge in [-0.05, 0) is 0 Å². The Hall–Kier alpha value is 0.780. The molecule has 0 saturated carbocycles. The Labute approximate surface area is 50.6 Å². The van der Waals surface area contributed by atoms with Crippen LogP contribution in [0.15, 0.2) is 0 Å². The Kier molecular flexibility index (Phi) is 10.4. The third-order valence-corrected chi connectivity index (χ3v) is 0.627. The monoisotopic (exact) mass is 135 g/mol. The molecule has 40 valence electrons. The van der Waals surface area contributed by atoms with E-state index in [9.17, 15) is 0 Å². The molecule has 1 saturated heterocycles. The molecule has 0 spiro atoms. The van der Waals surface area contributed by atoms with Gasteiger partial charge in [0.2, 0.25) is 0 Å². The predicted molar refractivity (Wildman–Crippen MR) is 32.7 cm³/mol. The zero-order valence-corrected chi connectivity index (χ0v) is 5.71. The van der Waals surface area contributed by atoms with E-state index in [1.54, 1.807) is 0 Å². The fourth-order valence-corrected chi connectivity index (χ4v) is 0.361. The predicted octanol–water partition coefficient (Wildman–Crippen LogP) is 1.29. The first kappa shape index (κ1) is 10.7. The highest BCUT2D eigenvalue weighted by molar-refractivity contribution is 6.92. The largest absolute Gasteiger partial charge is 0.365 e. The van der Waals surface area contributed by atoms with Gasteiger partial charge >= 0.3 is 0 Å². The minimum Gasteiger partial charge on any atom is -0.365 e. The van der Waals surface area contributed by atoms with Crippen molar-refractivity contribution in [3.8, 4) is 0 Å². The van der Waals surface area contributed by atoms with E-state index in [4.69, 9.17) is 4.74 Å². The normalized spacial score (nSPS) is 17.1. The summed E-state index contributed by atoms with van der Waals surface area (Å²) in [7, 11) is 0. The van der Waals surface area contributed by atoms with Gasteiger partial charge in [0.05, 0.1) is 13.3 Å². The summed E-state index contributed by atoms with van der Waals surface area (Å²) in [5.74, 6) is 0. The number of nitrogens with one attached hydrogen (secondary N) is 1. The van der Waals surface area contributed by atoms with E-state index < -0.39 is 0 Å². The molecule has 4 heteroatoms. The van der Waals surface area contributed by atoms with Crippen molar-refractivity contribution in [1.82, 2.24) is 5.32 Å². The van der Waals surface area contributed by atoms with Crippen LogP contribution >= 0.6 is 19.8 Å². The summed E-state index contributed by atoms with van der Waals surface area (Å²) in [6.45, 7) is 2.67. The Morgan fingerprint density at radius 1 is 1.29 bits per heavy atom. The summed E-state index contributed by atoms with van der Waals surface area (Å²) in [6.07, 6.45) is 0. The molecule has 1 heterocycles. The van der Waals surface area contributed by atoms with Crippen LogP contribution in [0.2, 0.25) is 0 Å². The van der Waals surface area contributed by atoms with E-state index >= 15 is 0 Å². The van der Waals surface area contributed by atoms with Gasteiger partial charge in [-0.2, -0.15) is 0 Å². The van der Waals surface area contributed by atoms with Crippen LogP contribution in [0.5, 0.6) is 0 Å². The van der Waals surface area contributed by atoms with E-state index in [-0.39, 0.29) is 19.8 Å². The van der Waals surface area contributed by atoms with Gasteiger partial charge in [0.15, 0.2) is 0 Å². The van der Waals surface area contributed by atoms with Crippen LogP contribution in [0.1, 0.15) is 0 Å². The molecule has 0 aromatic carbocycles. The molecule has 0 amide bonds. The smallest absolute Gasteiger partial charge is 0.0966 e. The molecule has 0 unspecified atom stereocenters. The van der Waals surface area contributed by atoms with Gasteiger partial charge in [-0.1, -0.05) is 0 Å². The van der Waals surface area contributed by atoms with E-state index in [1.807, 2.05) is 0 Å². The second-order valence-corrected chi connectivity index (χ2v) is 1.05. The van der Waals surface area contributed by atoms with Crippen molar-refractivity contribution in [2.75, 3.05) is 19.9 Å². The summed E-state index contributed by atoms with van der Waals surface area (Å²) < 4.78 is 4.83. The average Bonchev–Trinajstić information content (AvgIpc) is 1.76. The van der Waals surface area contributed by atoms with E-state index in [0.29, 0.717) is 0 Å². The van der Waals surface area contributed by atoms with Crippen molar-refractivity contribution >= 4 is 19.8 Å². The van der Waals surface area contributed by atoms with Crippen molar-refractivity contribution in [1.29, 1.82) is 0 Å². The minimum atomic E-state index is 0. The molecule has 1 rings (SSSR count). The first-order valence-electron chi connectivity index (χ1n) is 1.78. The van der Waals surface area contributed by atoms with E-state index in [1.165, 1.54) is 0 Å². The molecule has 0 bridgehead atoms. The second-order valence-electron chi connectivity index (χ2n) is 1.05. The lowest BCUT2D eigenvalue weighted by Gasteiger charge is -1.76. The van der Waals surface area contributed by atoms with Gasteiger partial charge in [-0.3, -0.25) is 5.32 Å². The molecule has 1 fully saturated rings. The van der Waals surface area contributed by atoms with Gasteiger partial charge in [0.25, 0.3) is 0 Å². The van der Waals surface area contributed by atoms with Crippen LogP contribution in [0.25, 0.3) is 0 Å². The summed E-state index contributed by atoms with van der Waals surface area (Å²) in [5, 5.41) is 3.00. The SMILES string of the molecule is C1COCN1.[P].[P]. The topological polar surface area (TPSA) is 21.3 Å². The number of hydrogen-bond donors (Lipinski definition) is 1. The highest BCUT2D eigenvalue weighted by Crippen LogP contribution is 1.75. The Bertz CT molecular complexity index is 24.5. The molecule has 0 aliphatic carbocycles. The summed E-state index contributed by atoms with van der Waals surface area (Å²) in [4.78, 5) is 0. The van der Waals surface area contributed by atoms with E-state index in [0.717, 1.165) is 19.9 Å². The molecule has 0 atom stereocenters.